The Hall–Kier alpha value is -3.13. The number of aryl methyl sites for hydroxylation is 1. The first-order chi connectivity index (χ1) is 14.1. The number of aromatic amines is 1. The number of hydrogen-bond acceptors (Lipinski definition) is 2. The molecule has 3 aromatic rings. The van der Waals surface area contributed by atoms with Crippen molar-refractivity contribution >= 4 is 28.3 Å². The van der Waals surface area contributed by atoms with Gasteiger partial charge in [-0.25, -0.2) is 0 Å². The number of hydrogen-bond donors (Lipinski definition) is 3. The third-order valence-electron chi connectivity index (χ3n) is 5.22. The topological polar surface area (TPSA) is 66.4 Å². The van der Waals surface area contributed by atoms with Crippen LogP contribution in [0.5, 0.6) is 0 Å². The molecule has 0 saturated carbocycles. The number of likely N-dealkylation sites (N-methyl/N-ethyl adjacent to an activating group) is 1. The Bertz CT molecular complexity index is 1090. The van der Waals surface area contributed by atoms with Crippen molar-refractivity contribution in [1.82, 2.24) is 4.98 Å². The Labute approximate surface area is 171 Å². The van der Waals surface area contributed by atoms with E-state index in [0.717, 1.165) is 22.7 Å². The van der Waals surface area contributed by atoms with Crippen molar-refractivity contribution in [3.63, 3.8) is 0 Å². The molecule has 5 nitrogen and oxygen atoms in total. The Morgan fingerprint density at radius 2 is 1.73 bits per heavy atom. The predicted molar refractivity (Wildman–Crippen MR) is 109 cm³/mol. The summed E-state index contributed by atoms with van der Waals surface area (Å²) >= 11 is 0. The van der Waals surface area contributed by atoms with Gasteiger partial charge in [-0.2, -0.15) is 13.2 Å². The van der Waals surface area contributed by atoms with E-state index in [-0.39, 0.29) is 18.0 Å². The van der Waals surface area contributed by atoms with Gasteiger partial charge in [-0.1, -0.05) is 30.3 Å². The molecule has 0 spiro atoms. The maximum absolute atomic E-state index is 13.1. The SMILES string of the molecule is Cc1[nH]c2ccccc2c1C(=O)[C@H](C)[NH+](C)CC(=O)Nc1ccccc1C(F)(F)F. The van der Waals surface area contributed by atoms with Crippen LogP contribution in [0.1, 0.15) is 28.5 Å². The van der Waals surface area contributed by atoms with Gasteiger partial charge in [0.05, 0.1) is 23.9 Å². The number of ketones is 1. The number of H-pyrrole nitrogens is 1. The summed E-state index contributed by atoms with van der Waals surface area (Å²) in [6.07, 6.45) is -4.57. The van der Waals surface area contributed by atoms with Crippen molar-refractivity contribution < 1.29 is 27.7 Å². The lowest BCUT2D eigenvalue weighted by Crippen LogP contribution is -3.14. The van der Waals surface area contributed by atoms with E-state index in [9.17, 15) is 22.8 Å². The number of Topliss-reactive ketones (excluding diaryl/α,β-unsaturated/α-hetero) is 1. The number of aromatic nitrogens is 1. The van der Waals surface area contributed by atoms with Gasteiger partial charge in [-0.3, -0.25) is 9.59 Å². The number of quaternary nitrogens is 1. The van der Waals surface area contributed by atoms with Crippen LogP contribution < -0.4 is 10.2 Å². The largest absolute Gasteiger partial charge is 0.418 e. The average Bonchev–Trinajstić information content (AvgIpc) is 3.01. The minimum Gasteiger partial charge on any atom is -0.358 e. The van der Waals surface area contributed by atoms with Gasteiger partial charge in [-0.15, -0.1) is 0 Å². The van der Waals surface area contributed by atoms with E-state index >= 15 is 0 Å². The van der Waals surface area contributed by atoms with Crippen LogP contribution in [0.3, 0.4) is 0 Å². The van der Waals surface area contributed by atoms with Gasteiger partial charge in [0, 0.05) is 16.6 Å². The molecule has 0 aliphatic carbocycles. The Morgan fingerprint density at radius 3 is 2.43 bits per heavy atom. The Balaban J connectivity index is 1.73. The van der Waals surface area contributed by atoms with Gasteiger partial charge in [0.15, 0.2) is 6.54 Å². The first kappa shape index (κ1) is 21.6. The van der Waals surface area contributed by atoms with Gasteiger partial charge in [0.25, 0.3) is 5.91 Å². The molecule has 0 bridgehead atoms. The first-order valence-corrected chi connectivity index (χ1v) is 9.49. The zero-order valence-corrected chi connectivity index (χ0v) is 16.9. The van der Waals surface area contributed by atoms with E-state index in [4.69, 9.17) is 0 Å². The minimum absolute atomic E-state index is 0.133. The number of fused-ring (bicyclic) bond motifs is 1. The molecular formula is C22H23F3N3O2+. The van der Waals surface area contributed by atoms with Crippen molar-refractivity contribution in [3.8, 4) is 0 Å². The first-order valence-electron chi connectivity index (χ1n) is 9.49. The lowest BCUT2D eigenvalue weighted by Gasteiger charge is -2.21. The van der Waals surface area contributed by atoms with E-state index in [0.29, 0.717) is 10.5 Å². The molecule has 30 heavy (non-hydrogen) atoms. The van der Waals surface area contributed by atoms with Crippen LogP contribution in [0.15, 0.2) is 48.5 Å². The summed E-state index contributed by atoms with van der Waals surface area (Å²) in [5.41, 5.74) is 0.957. The number of carbonyl (C=O) groups is 2. The van der Waals surface area contributed by atoms with Crippen LogP contribution in [0.2, 0.25) is 0 Å². The van der Waals surface area contributed by atoms with E-state index in [2.05, 4.69) is 10.3 Å². The fraction of sp³-hybridized carbons (Fsp3) is 0.273. The molecule has 0 fully saturated rings. The molecule has 0 saturated heterocycles. The second-order valence-electron chi connectivity index (χ2n) is 7.37. The number of anilines is 1. The molecule has 2 atom stereocenters. The quantitative estimate of drug-likeness (QED) is 0.538. The summed E-state index contributed by atoms with van der Waals surface area (Å²) in [6, 6.07) is 11.7. The van der Waals surface area contributed by atoms with E-state index < -0.39 is 23.7 Å². The summed E-state index contributed by atoms with van der Waals surface area (Å²) in [6.45, 7) is 3.37. The van der Waals surface area contributed by atoms with Crippen LogP contribution in [-0.4, -0.2) is 36.3 Å². The highest BCUT2D eigenvalue weighted by Gasteiger charge is 2.34. The monoisotopic (exact) mass is 418 g/mol. The van der Waals surface area contributed by atoms with Gasteiger partial charge in [0.1, 0.15) is 6.04 Å². The molecule has 158 valence electrons. The second kappa shape index (κ2) is 8.31. The van der Waals surface area contributed by atoms with Crippen LogP contribution in [0.25, 0.3) is 10.9 Å². The fourth-order valence-corrected chi connectivity index (χ4v) is 3.47. The van der Waals surface area contributed by atoms with Gasteiger partial charge < -0.3 is 15.2 Å². The maximum Gasteiger partial charge on any atom is 0.418 e. The van der Waals surface area contributed by atoms with E-state index in [1.807, 2.05) is 31.2 Å². The summed E-state index contributed by atoms with van der Waals surface area (Å²) in [4.78, 5) is 29.2. The number of carbonyl (C=O) groups excluding carboxylic acids is 2. The van der Waals surface area contributed by atoms with Crippen molar-refractivity contribution in [2.24, 2.45) is 0 Å². The number of amides is 1. The lowest BCUT2D eigenvalue weighted by atomic mass is 10.0. The zero-order chi connectivity index (χ0) is 22.1. The van der Waals surface area contributed by atoms with Crippen LogP contribution in [0.4, 0.5) is 18.9 Å². The van der Waals surface area contributed by atoms with Crippen LogP contribution in [0, 0.1) is 6.92 Å². The summed E-state index contributed by atoms with van der Waals surface area (Å²) in [5.74, 6) is -0.731. The minimum atomic E-state index is -4.57. The van der Waals surface area contributed by atoms with E-state index in [1.165, 1.54) is 18.2 Å². The van der Waals surface area contributed by atoms with Gasteiger partial charge in [0.2, 0.25) is 5.78 Å². The number of halogens is 3. The van der Waals surface area contributed by atoms with Crippen molar-refractivity contribution in [3.05, 3.63) is 65.4 Å². The molecule has 1 aromatic heterocycles. The molecular weight excluding hydrogens is 395 g/mol. The average molecular weight is 418 g/mol. The molecule has 1 amide bonds. The fourth-order valence-electron chi connectivity index (χ4n) is 3.47. The number of nitrogens with one attached hydrogen (secondary N) is 3. The molecule has 8 heteroatoms. The van der Waals surface area contributed by atoms with Crippen molar-refractivity contribution in [2.45, 2.75) is 26.1 Å². The Kier molecular flexibility index (Phi) is 5.98. The standard InChI is InChI=1S/C22H22F3N3O2/c1-13-20(15-8-4-6-10-17(15)26-13)21(30)14(2)28(3)12-19(29)27-18-11-7-5-9-16(18)22(23,24)25/h4-11,14,26H,12H2,1-3H3,(H,27,29)/p+1/t14-/m0/s1. The predicted octanol–water partition coefficient (Wildman–Crippen LogP) is 3.22. The molecule has 3 N–H and O–H groups in total. The zero-order valence-electron chi connectivity index (χ0n) is 16.9. The normalized spacial score (nSPS) is 13.8. The lowest BCUT2D eigenvalue weighted by molar-refractivity contribution is -0.885. The summed E-state index contributed by atoms with van der Waals surface area (Å²) in [5, 5.41) is 3.13. The molecule has 3 rings (SSSR count). The Morgan fingerprint density at radius 1 is 1.10 bits per heavy atom. The summed E-state index contributed by atoms with van der Waals surface area (Å²) in [7, 11) is 1.67. The van der Waals surface area contributed by atoms with Gasteiger partial charge in [-0.05, 0) is 32.0 Å². The maximum atomic E-state index is 13.1. The molecule has 1 heterocycles. The van der Waals surface area contributed by atoms with Crippen molar-refractivity contribution in [1.29, 1.82) is 0 Å². The molecule has 0 radical (unpaired) electrons. The second-order valence-corrected chi connectivity index (χ2v) is 7.37. The highest BCUT2D eigenvalue weighted by molar-refractivity contribution is 6.11. The molecule has 0 aliphatic rings. The highest BCUT2D eigenvalue weighted by atomic mass is 19.4. The molecule has 2 aromatic carbocycles. The van der Waals surface area contributed by atoms with E-state index in [1.54, 1.807) is 14.0 Å². The highest BCUT2D eigenvalue weighted by Crippen LogP contribution is 2.34. The molecule has 0 aliphatic heterocycles. The number of rotatable bonds is 6. The van der Waals surface area contributed by atoms with Gasteiger partial charge >= 0.3 is 6.18 Å². The third-order valence-corrected chi connectivity index (χ3v) is 5.22. The van der Waals surface area contributed by atoms with Crippen LogP contribution >= 0.6 is 0 Å². The smallest absolute Gasteiger partial charge is 0.358 e. The number of alkyl halides is 3. The number of benzene rings is 2. The molecule has 1 unspecified atom stereocenters. The van der Waals surface area contributed by atoms with Crippen molar-refractivity contribution in [2.75, 3.05) is 18.9 Å². The third kappa shape index (κ3) is 4.38. The number of para-hydroxylation sites is 2. The summed E-state index contributed by atoms with van der Waals surface area (Å²) < 4.78 is 39.3. The van der Waals surface area contributed by atoms with Crippen LogP contribution in [-0.2, 0) is 11.0 Å².